The Kier molecular flexibility index (Phi) is 17.6. The normalized spacial score (nSPS) is 14.0. The van der Waals surface area contributed by atoms with E-state index in [4.69, 9.17) is 0 Å². The highest BCUT2D eigenvalue weighted by atomic mass is 32.1. The number of unbranched alkanes of at least 4 members (excludes halogenated alkanes) is 15. The van der Waals surface area contributed by atoms with E-state index in [0.717, 1.165) is 120 Å². The molecule has 0 aliphatic carbocycles. The van der Waals surface area contributed by atoms with Crippen molar-refractivity contribution < 1.29 is 28.8 Å². The Morgan fingerprint density at radius 1 is 0.256 bits per heavy atom. The molecule has 0 fully saturated rings. The number of amides is 6. The van der Waals surface area contributed by atoms with E-state index in [0.29, 0.717) is 53.0 Å². The highest BCUT2D eigenvalue weighted by Gasteiger charge is 2.38. The van der Waals surface area contributed by atoms with Gasteiger partial charge in [0.15, 0.2) is 0 Å². The molecule has 0 bridgehead atoms. The lowest BCUT2D eigenvalue weighted by Crippen LogP contribution is -2.30. The van der Waals surface area contributed by atoms with E-state index in [9.17, 15) is 28.8 Å². The molecule has 10 rings (SSSR count). The van der Waals surface area contributed by atoms with Crippen molar-refractivity contribution in [2.75, 3.05) is 19.6 Å². The topological polar surface area (TPSA) is 112 Å². The Balaban J connectivity index is 0.925. The molecule has 78 heavy (non-hydrogen) atoms. The molecule has 0 saturated heterocycles. The summed E-state index contributed by atoms with van der Waals surface area (Å²) in [6.45, 7) is 7.88. The van der Waals surface area contributed by atoms with Crippen LogP contribution in [0.2, 0.25) is 0 Å². The first-order valence-corrected chi connectivity index (χ1v) is 31.0. The van der Waals surface area contributed by atoms with Gasteiger partial charge in [0.1, 0.15) is 0 Å². The quantitative estimate of drug-likeness (QED) is 0.0375. The molecule has 0 saturated carbocycles. The van der Waals surface area contributed by atoms with E-state index in [1.165, 1.54) is 72.5 Å². The summed E-state index contributed by atoms with van der Waals surface area (Å²) in [5.41, 5.74) is 8.46. The number of rotatable bonds is 27. The second-order valence-electron chi connectivity index (χ2n) is 21.2. The van der Waals surface area contributed by atoms with Gasteiger partial charge in [-0.1, -0.05) is 135 Å². The summed E-state index contributed by atoms with van der Waals surface area (Å²) in [4.78, 5) is 91.6. The van der Waals surface area contributed by atoms with Crippen molar-refractivity contribution in [3.63, 3.8) is 0 Å². The number of carbonyl (C=O) groups excluding carboxylic acids is 6. The summed E-state index contributed by atoms with van der Waals surface area (Å²) in [5, 5.41) is 0. The standard InChI is InChI=1S/C66H69N3O6S3/c1-4-7-10-13-16-19-34-67-61(70)49-25-22-43(40-52(49)64(67)73)55-28-31-58(76-55)46-37-47(59-32-29-56(77-59)44-23-26-50-53(41-44)65(74)68(62(50)71)35-20-17-14-11-8-5-2)39-48(38-46)60-33-30-57(78-60)45-24-27-51-54(42-45)66(75)69(63(51)72)36-21-18-15-12-9-6-3/h22-33,37-42H,4-21,34-36H2,1-3H3. The highest BCUT2D eigenvalue weighted by Crippen LogP contribution is 2.45. The summed E-state index contributed by atoms with van der Waals surface area (Å²) in [6.07, 6.45) is 19.4. The molecule has 7 aromatic rings. The Morgan fingerprint density at radius 3 is 0.756 bits per heavy atom. The fourth-order valence-corrected chi connectivity index (χ4v) is 14.1. The van der Waals surface area contributed by atoms with Crippen LogP contribution in [0.15, 0.2) is 109 Å². The van der Waals surface area contributed by atoms with Crippen LogP contribution < -0.4 is 0 Å². The third-order valence-corrected chi connectivity index (χ3v) is 19.1. The zero-order chi connectivity index (χ0) is 54.3. The van der Waals surface area contributed by atoms with Crippen molar-refractivity contribution in [3.8, 4) is 62.6 Å². The molecule has 9 nitrogen and oxygen atoms in total. The molecule has 3 aliphatic heterocycles. The first kappa shape index (κ1) is 54.7. The van der Waals surface area contributed by atoms with Crippen LogP contribution in [-0.2, 0) is 0 Å². The average Bonchev–Trinajstić information content (AvgIpc) is 4.44. The van der Waals surface area contributed by atoms with E-state index in [1.54, 1.807) is 52.2 Å². The van der Waals surface area contributed by atoms with Crippen LogP contribution in [0.5, 0.6) is 0 Å². The van der Waals surface area contributed by atoms with E-state index < -0.39 is 0 Å². The minimum Gasteiger partial charge on any atom is -0.274 e. The third-order valence-electron chi connectivity index (χ3n) is 15.6. The van der Waals surface area contributed by atoms with Gasteiger partial charge in [0, 0.05) is 48.9 Å². The number of fused-ring (bicyclic) bond motifs is 3. The van der Waals surface area contributed by atoms with Crippen LogP contribution in [0, 0.1) is 0 Å². The monoisotopic (exact) mass is 1100 g/mol. The van der Waals surface area contributed by atoms with Crippen molar-refractivity contribution >= 4 is 69.5 Å². The Hall–Kier alpha value is -6.60. The molecule has 0 spiro atoms. The molecule has 3 aliphatic rings. The minimum atomic E-state index is -0.221. The Bertz CT molecular complexity index is 3030. The van der Waals surface area contributed by atoms with Gasteiger partial charge in [-0.3, -0.25) is 43.5 Å². The van der Waals surface area contributed by atoms with Crippen LogP contribution in [0.4, 0.5) is 0 Å². The molecule has 6 heterocycles. The molecule has 0 atom stereocenters. The number of thiophene rings is 3. The zero-order valence-electron chi connectivity index (χ0n) is 45.3. The lowest BCUT2D eigenvalue weighted by molar-refractivity contribution is 0.0636. The summed E-state index contributed by atoms with van der Waals surface area (Å²) < 4.78 is 0. The van der Waals surface area contributed by atoms with E-state index in [2.05, 4.69) is 75.4 Å². The molecule has 3 aromatic heterocycles. The second-order valence-corrected chi connectivity index (χ2v) is 24.4. The molecule has 0 unspecified atom stereocenters. The summed E-state index contributed by atoms with van der Waals surface area (Å²) in [6, 6.07) is 36.1. The van der Waals surface area contributed by atoms with Crippen molar-refractivity contribution in [1.29, 1.82) is 0 Å². The predicted molar refractivity (Wildman–Crippen MR) is 319 cm³/mol. The van der Waals surface area contributed by atoms with Gasteiger partial charge in [-0.2, -0.15) is 0 Å². The SMILES string of the molecule is CCCCCCCCN1C(=O)c2ccc(-c3ccc(-c4cc(-c5ccc(-c6ccc7c(c6)C(=O)N(CCCCCCCC)C7=O)s5)cc(-c5ccc(-c6ccc7c(c6)C(=O)N(CCCCCCCC)C7=O)s5)c4)s3)cc2C1=O. The highest BCUT2D eigenvalue weighted by molar-refractivity contribution is 7.19. The van der Waals surface area contributed by atoms with Crippen molar-refractivity contribution in [3.05, 3.63) is 143 Å². The molecule has 4 aromatic carbocycles. The first-order valence-electron chi connectivity index (χ1n) is 28.5. The number of carbonyl (C=O) groups is 6. The smallest absolute Gasteiger partial charge is 0.261 e. The van der Waals surface area contributed by atoms with E-state index in [1.807, 2.05) is 36.4 Å². The van der Waals surface area contributed by atoms with Gasteiger partial charge in [0.05, 0.1) is 33.4 Å². The Morgan fingerprint density at radius 2 is 0.487 bits per heavy atom. The number of benzene rings is 4. The molecular formula is C66H69N3O6S3. The number of hydrogen-bond acceptors (Lipinski definition) is 9. The molecule has 402 valence electrons. The van der Waals surface area contributed by atoms with E-state index >= 15 is 0 Å². The van der Waals surface area contributed by atoms with Gasteiger partial charge in [0.2, 0.25) is 0 Å². The lowest BCUT2D eigenvalue weighted by atomic mass is 10.0. The van der Waals surface area contributed by atoms with Gasteiger partial charge >= 0.3 is 0 Å². The van der Waals surface area contributed by atoms with Crippen LogP contribution >= 0.6 is 34.0 Å². The molecule has 0 radical (unpaired) electrons. The molecular weight excluding hydrogens is 1030 g/mol. The minimum absolute atomic E-state index is 0.213. The largest absolute Gasteiger partial charge is 0.274 e. The first-order chi connectivity index (χ1) is 38.1. The number of imide groups is 3. The number of hydrogen-bond donors (Lipinski definition) is 0. The van der Waals surface area contributed by atoms with Crippen molar-refractivity contribution in [2.24, 2.45) is 0 Å². The Labute approximate surface area is 471 Å². The van der Waals surface area contributed by atoms with Gasteiger partial charge in [-0.25, -0.2) is 0 Å². The summed E-state index contributed by atoms with van der Waals surface area (Å²) >= 11 is 4.90. The maximum absolute atomic E-state index is 13.7. The van der Waals surface area contributed by atoms with Crippen molar-refractivity contribution in [1.82, 2.24) is 14.7 Å². The number of nitrogens with zero attached hydrogens (tertiary/aromatic N) is 3. The molecule has 6 amide bonds. The third kappa shape index (κ3) is 11.6. The lowest BCUT2D eigenvalue weighted by Gasteiger charge is -2.13. The zero-order valence-corrected chi connectivity index (χ0v) is 47.7. The van der Waals surface area contributed by atoms with Gasteiger partial charge in [0.25, 0.3) is 35.4 Å². The maximum Gasteiger partial charge on any atom is 0.261 e. The van der Waals surface area contributed by atoms with Gasteiger partial charge < -0.3 is 0 Å². The molecule has 0 N–H and O–H groups in total. The molecule has 12 heteroatoms. The summed E-state index contributed by atoms with van der Waals surface area (Å²) in [5.74, 6) is -1.30. The van der Waals surface area contributed by atoms with Gasteiger partial charge in [-0.05, 0) is 144 Å². The van der Waals surface area contributed by atoms with Crippen LogP contribution in [0.3, 0.4) is 0 Å². The fourth-order valence-electron chi connectivity index (χ4n) is 11.1. The van der Waals surface area contributed by atoms with Crippen molar-refractivity contribution in [2.45, 2.75) is 136 Å². The van der Waals surface area contributed by atoms with Crippen LogP contribution in [0.1, 0.15) is 198 Å². The van der Waals surface area contributed by atoms with Gasteiger partial charge in [-0.15, -0.1) is 34.0 Å². The second kappa shape index (κ2) is 25.0. The van der Waals surface area contributed by atoms with Crippen LogP contribution in [0.25, 0.3) is 62.6 Å². The maximum atomic E-state index is 13.7. The predicted octanol–water partition coefficient (Wildman–Crippen LogP) is 17.7. The van der Waals surface area contributed by atoms with Crippen LogP contribution in [-0.4, -0.2) is 69.8 Å². The fraction of sp³-hybridized carbons (Fsp3) is 0.364. The average molecular weight is 1100 g/mol. The summed E-state index contributed by atoms with van der Waals surface area (Å²) in [7, 11) is 0. The van der Waals surface area contributed by atoms with E-state index in [-0.39, 0.29) is 35.4 Å².